The average molecular weight is 378 g/mol. The molecule has 0 radical (unpaired) electrons. The molecule has 0 aliphatic rings. The Morgan fingerprint density at radius 1 is 1.22 bits per heavy atom. The van der Waals surface area contributed by atoms with Crippen LogP contribution < -0.4 is 10.1 Å². The van der Waals surface area contributed by atoms with Gasteiger partial charge in [-0.1, -0.05) is 18.2 Å². The minimum atomic E-state index is -0.251. The summed E-state index contributed by atoms with van der Waals surface area (Å²) in [6.07, 6.45) is 3.47. The van der Waals surface area contributed by atoms with Crippen LogP contribution in [0, 0.1) is 0 Å². The lowest BCUT2D eigenvalue weighted by Crippen LogP contribution is -2.12. The molecule has 0 saturated heterocycles. The molecular weight excluding hydrogens is 360 g/mol. The minimum Gasteiger partial charge on any atom is -0.475 e. The summed E-state index contributed by atoms with van der Waals surface area (Å²) in [5.74, 6) is 0.246. The highest BCUT2D eigenvalue weighted by Crippen LogP contribution is 2.31. The standard InChI is InChI=1S/C20H18N4O2S/c1-12(2)26-18-8-7-13(9-22-18)19(25)24-20-23-17(11-27-20)15-10-21-16-6-4-3-5-14(15)16/h3-12,21H,1-2H3,(H,23,24,25). The van der Waals surface area contributed by atoms with E-state index in [1.807, 2.05) is 49.7 Å². The number of ether oxygens (including phenoxy) is 1. The van der Waals surface area contributed by atoms with E-state index in [4.69, 9.17) is 4.74 Å². The van der Waals surface area contributed by atoms with Gasteiger partial charge >= 0.3 is 0 Å². The van der Waals surface area contributed by atoms with Gasteiger partial charge in [0.05, 0.1) is 17.4 Å². The molecule has 136 valence electrons. The van der Waals surface area contributed by atoms with Crippen molar-refractivity contribution in [2.24, 2.45) is 0 Å². The molecule has 1 aromatic carbocycles. The molecule has 0 aliphatic heterocycles. The van der Waals surface area contributed by atoms with Crippen molar-refractivity contribution in [3.8, 4) is 17.1 Å². The molecule has 4 rings (SSSR count). The number of benzene rings is 1. The molecule has 0 atom stereocenters. The molecule has 27 heavy (non-hydrogen) atoms. The zero-order valence-corrected chi connectivity index (χ0v) is 15.7. The molecular formula is C20H18N4O2S. The fraction of sp³-hybridized carbons (Fsp3) is 0.150. The highest BCUT2D eigenvalue weighted by Gasteiger charge is 2.13. The highest BCUT2D eigenvalue weighted by atomic mass is 32.1. The summed E-state index contributed by atoms with van der Waals surface area (Å²) in [5.41, 5.74) is 3.35. The van der Waals surface area contributed by atoms with Crippen molar-refractivity contribution in [3.05, 3.63) is 59.7 Å². The van der Waals surface area contributed by atoms with Crippen molar-refractivity contribution in [3.63, 3.8) is 0 Å². The van der Waals surface area contributed by atoms with Crippen LogP contribution >= 0.6 is 11.3 Å². The first kappa shape index (κ1) is 17.2. The van der Waals surface area contributed by atoms with E-state index in [-0.39, 0.29) is 12.0 Å². The Morgan fingerprint density at radius 3 is 2.85 bits per heavy atom. The van der Waals surface area contributed by atoms with E-state index in [0.717, 1.165) is 22.2 Å². The van der Waals surface area contributed by atoms with Gasteiger partial charge in [-0.25, -0.2) is 9.97 Å². The van der Waals surface area contributed by atoms with Gasteiger partial charge < -0.3 is 9.72 Å². The maximum atomic E-state index is 12.4. The van der Waals surface area contributed by atoms with Crippen molar-refractivity contribution >= 4 is 33.3 Å². The van der Waals surface area contributed by atoms with Crippen LogP contribution in [0.4, 0.5) is 5.13 Å². The molecule has 7 heteroatoms. The second-order valence-corrected chi connectivity index (χ2v) is 7.15. The van der Waals surface area contributed by atoms with E-state index in [0.29, 0.717) is 16.6 Å². The molecule has 3 heterocycles. The van der Waals surface area contributed by atoms with Crippen LogP contribution in [0.3, 0.4) is 0 Å². The number of H-pyrrole nitrogens is 1. The molecule has 0 aliphatic carbocycles. The van der Waals surface area contributed by atoms with E-state index in [1.165, 1.54) is 17.5 Å². The van der Waals surface area contributed by atoms with Crippen molar-refractivity contribution in [2.45, 2.75) is 20.0 Å². The van der Waals surface area contributed by atoms with E-state index < -0.39 is 0 Å². The number of thiazole rings is 1. The number of amides is 1. The number of hydrogen-bond donors (Lipinski definition) is 2. The van der Waals surface area contributed by atoms with Crippen molar-refractivity contribution < 1.29 is 9.53 Å². The van der Waals surface area contributed by atoms with Crippen LogP contribution in [-0.2, 0) is 0 Å². The predicted molar refractivity (Wildman–Crippen MR) is 107 cm³/mol. The average Bonchev–Trinajstić information content (AvgIpc) is 3.28. The Hall–Kier alpha value is -3.19. The molecule has 4 aromatic rings. The third-order valence-corrected chi connectivity index (χ3v) is 4.70. The van der Waals surface area contributed by atoms with E-state index >= 15 is 0 Å². The van der Waals surface area contributed by atoms with Crippen molar-refractivity contribution in [1.82, 2.24) is 15.0 Å². The molecule has 0 spiro atoms. The Kier molecular flexibility index (Phi) is 4.60. The molecule has 1 amide bonds. The zero-order chi connectivity index (χ0) is 18.8. The second-order valence-electron chi connectivity index (χ2n) is 6.29. The fourth-order valence-corrected chi connectivity index (χ4v) is 3.44. The van der Waals surface area contributed by atoms with Gasteiger partial charge in [0, 0.05) is 40.3 Å². The number of carbonyl (C=O) groups is 1. The smallest absolute Gasteiger partial charge is 0.259 e. The lowest BCUT2D eigenvalue weighted by atomic mass is 10.1. The number of nitrogens with zero attached hydrogens (tertiary/aromatic N) is 2. The van der Waals surface area contributed by atoms with Gasteiger partial charge in [-0.3, -0.25) is 10.1 Å². The number of pyridine rings is 1. The molecule has 0 bridgehead atoms. The fourth-order valence-electron chi connectivity index (χ4n) is 2.73. The molecule has 0 unspecified atom stereocenters. The first-order valence-electron chi connectivity index (χ1n) is 8.56. The second kappa shape index (κ2) is 7.20. The van der Waals surface area contributed by atoms with Crippen LogP contribution in [-0.4, -0.2) is 27.0 Å². The van der Waals surface area contributed by atoms with Gasteiger partial charge in [-0.2, -0.15) is 0 Å². The maximum Gasteiger partial charge on any atom is 0.259 e. The molecule has 0 saturated carbocycles. The lowest BCUT2D eigenvalue weighted by Gasteiger charge is -2.08. The largest absolute Gasteiger partial charge is 0.475 e. The Labute approximate surface area is 160 Å². The van der Waals surface area contributed by atoms with Crippen molar-refractivity contribution in [2.75, 3.05) is 5.32 Å². The Bertz CT molecular complexity index is 1080. The number of rotatable bonds is 5. The van der Waals surface area contributed by atoms with Gasteiger partial charge in [0.25, 0.3) is 5.91 Å². The van der Waals surface area contributed by atoms with Gasteiger partial charge in [-0.05, 0) is 26.0 Å². The Morgan fingerprint density at radius 2 is 2.07 bits per heavy atom. The number of aromatic amines is 1. The maximum absolute atomic E-state index is 12.4. The van der Waals surface area contributed by atoms with Gasteiger partial charge in [0.15, 0.2) is 5.13 Å². The predicted octanol–water partition coefficient (Wildman–Crippen LogP) is 4.73. The minimum absolute atomic E-state index is 0.0374. The molecule has 0 fully saturated rings. The molecule has 2 N–H and O–H groups in total. The normalized spacial score (nSPS) is 11.1. The summed E-state index contributed by atoms with van der Waals surface area (Å²) >= 11 is 1.39. The lowest BCUT2D eigenvalue weighted by molar-refractivity contribution is 0.102. The first-order chi connectivity index (χ1) is 13.1. The van der Waals surface area contributed by atoms with Gasteiger partial charge in [0.2, 0.25) is 5.88 Å². The third kappa shape index (κ3) is 3.68. The zero-order valence-electron chi connectivity index (χ0n) is 14.9. The van der Waals surface area contributed by atoms with Crippen LogP contribution in [0.15, 0.2) is 54.2 Å². The topological polar surface area (TPSA) is 79.9 Å². The summed E-state index contributed by atoms with van der Waals surface area (Å²) in [6, 6.07) is 11.4. The summed E-state index contributed by atoms with van der Waals surface area (Å²) in [4.78, 5) is 24.4. The van der Waals surface area contributed by atoms with Crippen molar-refractivity contribution in [1.29, 1.82) is 0 Å². The summed E-state index contributed by atoms with van der Waals surface area (Å²) in [5, 5.41) is 6.41. The summed E-state index contributed by atoms with van der Waals surface area (Å²) < 4.78 is 5.49. The van der Waals surface area contributed by atoms with E-state index in [1.54, 1.807) is 12.1 Å². The number of fused-ring (bicyclic) bond motifs is 1. The molecule has 6 nitrogen and oxygen atoms in total. The first-order valence-corrected chi connectivity index (χ1v) is 9.44. The number of carbonyl (C=O) groups excluding carboxylic acids is 1. The van der Waals surface area contributed by atoms with Crippen LogP contribution in [0.25, 0.3) is 22.2 Å². The summed E-state index contributed by atoms with van der Waals surface area (Å²) in [7, 11) is 0. The number of aromatic nitrogens is 3. The highest BCUT2D eigenvalue weighted by molar-refractivity contribution is 7.14. The van der Waals surface area contributed by atoms with E-state index in [9.17, 15) is 4.79 Å². The number of hydrogen-bond acceptors (Lipinski definition) is 5. The number of para-hydroxylation sites is 1. The number of nitrogens with one attached hydrogen (secondary N) is 2. The van der Waals surface area contributed by atoms with E-state index in [2.05, 4.69) is 20.3 Å². The van der Waals surface area contributed by atoms with Crippen LogP contribution in [0.2, 0.25) is 0 Å². The number of anilines is 1. The van der Waals surface area contributed by atoms with Gasteiger partial charge in [-0.15, -0.1) is 11.3 Å². The SMILES string of the molecule is CC(C)Oc1ccc(C(=O)Nc2nc(-c3c[nH]c4ccccc34)cs2)cn1. The monoisotopic (exact) mass is 378 g/mol. The third-order valence-electron chi connectivity index (χ3n) is 3.94. The summed E-state index contributed by atoms with van der Waals surface area (Å²) in [6.45, 7) is 3.85. The Balaban J connectivity index is 1.50. The van der Waals surface area contributed by atoms with Crippen LogP contribution in [0.5, 0.6) is 5.88 Å². The van der Waals surface area contributed by atoms with Gasteiger partial charge in [0.1, 0.15) is 0 Å². The molecule has 3 aromatic heterocycles. The quantitative estimate of drug-likeness (QED) is 0.526. The van der Waals surface area contributed by atoms with Crippen LogP contribution in [0.1, 0.15) is 24.2 Å².